The fraction of sp³-hybridized carbons (Fsp3) is 0.350. The Balaban J connectivity index is 0.00000280. The third kappa shape index (κ3) is 6.59. The van der Waals surface area contributed by atoms with Crippen molar-refractivity contribution in [1.82, 2.24) is 25.4 Å². The summed E-state index contributed by atoms with van der Waals surface area (Å²) in [5.74, 6) is 0.805. The smallest absolute Gasteiger partial charge is 0.191 e. The Labute approximate surface area is 187 Å². The fourth-order valence-corrected chi connectivity index (χ4v) is 3.50. The monoisotopic (exact) mass is 510 g/mol. The lowest BCUT2D eigenvalue weighted by atomic mass is 10.1. The van der Waals surface area contributed by atoms with Crippen LogP contribution >= 0.6 is 35.3 Å². The van der Waals surface area contributed by atoms with Gasteiger partial charge in [0, 0.05) is 30.0 Å². The molecule has 1 aromatic carbocycles. The summed E-state index contributed by atoms with van der Waals surface area (Å²) in [5, 5.41) is 12.1. The van der Waals surface area contributed by atoms with E-state index in [1.165, 1.54) is 16.0 Å². The number of thiazole rings is 1. The number of aliphatic imine (C=N–C) groups is 1. The summed E-state index contributed by atoms with van der Waals surface area (Å²) in [4.78, 5) is 10.5. The van der Waals surface area contributed by atoms with E-state index in [0.29, 0.717) is 13.1 Å². The number of guanidine groups is 1. The van der Waals surface area contributed by atoms with Gasteiger partial charge >= 0.3 is 0 Å². The maximum Gasteiger partial charge on any atom is 0.191 e. The van der Waals surface area contributed by atoms with Crippen LogP contribution in [0, 0.1) is 0 Å². The molecule has 0 aliphatic heterocycles. The van der Waals surface area contributed by atoms with Crippen molar-refractivity contribution in [3.63, 3.8) is 0 Å². The molecule has 0 radical (unpaired) electrons. The van der Waals surface area contributed by atoms with Crippen LogP contribution in [0.5, 0.6) is 0 Å². The molecule has 2 aromatic heterocycles. The zero-order chi connectivity index (χ0) is 18.9. The first-order valence-electron chi connectivity index (χ1n) is 9.28. The lowest BCUT2D eigenvalue weighted by Gasteiger charge is -2.12. The van der Waals surface area contributed by atoms with Crippen molar-refractivity contribution < 1.29 is 0 Å². The van der Waals surface area contributed by atoms with Crippen LogP contribution < -0.4 is 10.6 Å². The van der Waals surface area contributed by atoms with Gasteiger partial charge in [0.2, 0.25) is 0 Å². The molecular formula is C20H27IN6S. The number of rotatable bonds is 8. The Kier molecular flexibility index (Phi) is 9.42. The molecule has 0 spiro atoms. The second kappa shape index (κ2) is 11.8. The van der Waals surface area contributed by atoms with E-state index in [-0.39, 0.29) is 24.0 Å². The van der Waals surface area contributed by atoms with Gasteiger partial charge in [-0.15, -0.1) is 35.3 Å². The third-order valence-corrected chi connectivity index (χ3v) is 5.26. The summed E-state index contributed by atoms with van der Waals surface area (Å²) in [5.41, 5.74) is 2.43. The highest BCUT2D eigenvalue weighted by Gasteiger charge is 2.05. The van der Waals surface area contributed by atoms with Crippen LogP contribution in [0.25, 0.3) is 0 Å². The first-order chi connectivity index (χ1) is 13.3. The lowest BCUT2D eigenvalue weighted by molar-refractivity contribution is 0.680. The van der Waals surface area contributed by atoms with E-state index < -0.39 is 0 Å². The van der Waals surface area contributed by atoms with Crippen LogP contribution in [0.1, 0.15) is 34.9 Å². The summed E-state index contributed by atoms with van der Waals surface area (Å²) in [6, 6.07) is 10.3. The zero-order valence-corrected chi connectivity index (χ0v) is 19.4. The Bertz CT molecular complexity index is 859. The molecule has 28 heavy (non-hydrogen) atoms. The number of aromatic nitrogens is 3. The van der Waals surface area contributed by atoms with Crippen LogP contribution in [-0.2, 0) is 26.1 Å². The quantitative estimate of drug-likeness (QED) is 0.275. The fourth-order valence-electron chi connectivity index (χ4n) is 2.69. The summed E-state index contributed by atoms with van der Waals surface area (Å²) >= 11 is 1.75. The molecule has 0 aliphatic carbocycles. The number of nitrogens with one attached hydrogen (secondary N) is 2. The highest BCUT2D eigenvalue weighted by Crippen LogP contribution is 2.13. The van der Waals surface area contributed by atoms with Gasteiger partial charge in [0.05, 0.1) is 19.6 Å². The third-order valence-electron chi connectivity index (χ3n) is 4.12. The Morgan fingerprint density at radius 1 is 1.14 bits per heavy atom. The van der Waals surface area contributed by atoms with E-state index in [4.69, 9.17) is 4.99 Å². The standard InChI is InChI=1S/C20H26N6S.HI/c1-3-18-13-22-19(27-18)14-24-20(21-4-2)23-12-16-8-5-6-9-17(16)15-26-11-7-10-25-26;/h5-11,13H,3-4,12,14-15H2,1-2H3,(H2,21,23,24);1H. The largest absolute Gasteiger partial charge is 0.357 e. The van der Waals surface area contributed by atoms with Crippen LogP contribution in [0.3, 0.4) is 0 Å². The number of aryl methyl sites for hydroxylation is 1. The summed E-state index contributed by atoms with van der Waals surface area (Å²) in [6.45, 7) is 7.09. The van der Waals surface area contributed by atoms with Gasteiger partial charge in [-0.2, -0.15) is 5.10 Å². The maximum atomic E-state index is 4.76. The molecular weight excluding hydrogens is 483 g/mol. The number of nitrogens with zero attached hydrogens (tertiary/aromatic N) is 4. The predicted octanol–water partition coefficient (Wildman–Crippen LogP) is 3.82. The second-order valence-corrected chi connectivity index (χ2v) is 7.29. The van der Waals surface area contributed by atoms with Gasteiger partial charge in [0.1, 0.15) is 5.01 Å². The lowest BCUT2D eigenvalue weighted by Crippen LogP contribution is -2.36. The molecule has 3 aromatic rings. The van der Waals surface area contributed by atoms with Crippen molar-refractivity contribution in [2.45, 2.75) is 39.9 Å². The van der Waals surface area contributed by atoms with Gasteiger partial charge in [-0.05, 0) is 30.5 Å². The first kappa shape index (κ1) is 22.4. The van der Waals surface area contributed by atoms with Crippen LogP contribution in [0.15, 0.2) is 53.9 Å². The van der Waals surface area contributed by atoms with Crippen molar-refractivity contribution in [2.75, 3.05) is 6.54 Å². The molecule has 0 unspecified atom stereocenters. The second-order valence-electron chi connectivity index (χ2n) is 6.09. The van der Waals surface area contributed by atoms with Crippen molar-refractivity contribution in [3.05, 3.63) is 69.9 Å². The van der Waals surface area contributed by atoms with Gasteiger partial charge < -0.3 is 10.6 Å². The molecule has 2 heterocycles. The average molecular weight is 510 g/mol. The molecule has 0 saturated heterocycles. The minimum Gasteiger partial charge on any atom is -0.357 e. The molecule has 0 aliphatic rings. The molecule has 0 amide bonds. The minimum absolute atomic E-state index is 0. The number of hydrogen-bond acceptors (Lipinski definition) is 4. The minimum atomic E-state index is 0. The number of hydrogen-bond donors (Lipinski definition) is 2. The first-order valence-corrected chi connectivity index (χ1v) is 10.1. The Morgan fingerprint density at radius 3 is 2.64 bits per heavy atom. The van der Waals surface area contributed by atoms with Gasteiger partial charge in [-0.25, -0.2) is 9.98 Å². The van der Waals surface area contributed by atoms with E-state index in [1.54, 1.807) is 17.5 Å². The van der Waals surface area contributed by atoms with Crippen molar-refractivity contribution in [3.8, 4) is 0 Å². The molecule has 8 heteroatoms. The number of halogens is 1. The maximum absolute atomic E-state index is 4.76. The van der Waals surface area contributed by atoms with Crippen LogP contribution in [0.2, 0.25) is 0 Å². The topological polar surface area (TPSA) is 67.1 Å². The molecule has 3 rings (SSSR count). The molecule has 0 saturated carbocycles. The normalized spacial score (nSPS) is 11.1. The van der Waals surface area contributed by atoms with Crippen molar-refractivity contribution in [1.29, 1.82) is 0 Å². The summed E-state index contributed by atoms with van der Waals surface area (Å²) in [7, 11) is 0. The molecule has 0 atom stereocenters. The highest BCUT2D eigenvalue weighted by molar-refractivity contribution is 14.0. The Hall–Kier alpha value is -1.94. The predicted molar refractivity (Wildman–Crippen MR) is 126 cm³/mol. The van der Waals surface area contributed by atoms with E-state index >= 15 is 0 Å². The van der Waals surface area contributed by atoms with E-state index in [9.17, 15) is 0 Å². The Morgan fingerprint density at radius 2 is 1.96 bits per heavy atom. The number of benzene rings is 1. The molecule has 6 nitrogen and oxygen atoms in total. The molecule has 150 valence electrons. The van der Waals surface area contributed by atoms with Crippen molar-refractivity contribution in [2.24, 2.45) is 4.99 Å². The van der Waals surface area contributed by atoms with Crippen LogP contribution in [-0.4, -0.2) is 27.3 Å². The summed E-state index contributed by atoms with van der Waals surface area (Å²) in [6.07, 6.45) is 6.76. The van der Waals surface area contributed by atoms with E-state index in [0.717, 1.165) is 30.5 Å². The zero-order valence-electron chi connectivity index (χ0n) is 16.3. The molecule has 2 N–H and O–H groups in total. The van der Waals surface area contributed by atoms with Gasteiger partial charge in [0.15, 0.2) is 5.96 Å². The highest BCUT2D eigenvalue weighted by atomic mass is 127. The molecule has 0 fully saturated rings. The van der Waals surface area contributed by atoms with Gasteiger partial charge in [-0.1, -0.05) is 31.2 Å². The van der Waals surface area contributed by atoms with Crippen LogP contribution in [0.4, 0.5) is 0 Å². The van der Waals surface area contributed by atoms with Crippen molar-refractivity contribution >= 4 is 41.3 Å². The van der Waals surface area contributed by atoms with E-state index in [1.807, 2.05) is 23.1 Å². The summed E-state index contributed by atoms with van der Waals surface area (Å²) < 4.78 is 1.93. The SMILES string of the molecule is CCNC(=NCc1ccccc1Cn1cccn1)NCc1ncc(CC)s1.I. The molecule has 0 bridgehead atoms. The van der Waals surface area contributed by atoms with Gasteiger partial charge in [-0.3, -0.25) is 4.68 Å². The van der Waals surface area contributed by atoms with E-state index in [2.05, 4.69) is 58.8 Å². The average Bonchev–Trinajstić information content (AvgIpc) is 3.37. The van der Waals surface area contributed by atoms with Gasteiger partial charge in [0.25, 0.3) is 0 Å².